The van der Waals surface area contributed by atoms with Gasteiger partial charge in [-0.25, -0.2) is 8.42 Å². The van der Waals surface area contributed by atoms with Crippen LogP contribution in [0, 0.1) is 10.1 Å². The summed E-state index contributed by atoms with van der Waals surface area (Å²) in [5.41, 5.74) is -0.523. The first-order chi connectivity index (χ1) is 8.21. The fourth-order valence-electron chi connectivity index (χ4n) is 0.919. The molecule has 1 rings (SSSR count). The Labute approximate surface area is 104 Å². The molecule has 0 unspecified atom stereocenters. The molecule has 0 atom stereocenters. The van der Waals surface area contributed by atoms with Gasteiger partial charge in [-0.2, -0.15) is 0 Å². The number of aliphatic hydroxyl groups is 1. The van der Waals surface area contributed by atoms with Gasteiger partial charge in [0, 0.05) is 18.7 Å². The Kier molecular flexibility index (Phi) is 6.06. The standard InChI is InChI=1S/C7H8N2O5S.C2H6O/c1-15(13,14)8-6-4-5(9(11)12)2-3-7(6)10;1-2-3/h2-4,8,10H,1H3;3H,2H2,1H3. The highest BCUT2D eigenvalue weighted by molar-refractivity contribution is 7.92. The number of rotatable bonds is 3. The van der Waals surface area contributed by atoms with Gasteiger partial charge in [0.05, 0.1) is 16.9 Å². The summed E-state index contributed by atoms with van der Waals surface area (Å²) < 4.78 is 23.6. The Morgan fingerprint density at radius 1 is 1.44 bits per heavy atom. The zero-order valence-electron chi connectivity index (χ0n) is 9.82. The molecule has 0 amide bonds. The van der Waals surface area contributed by atoms with Crippen LogP contribution in [0.1, 0.15) is 6.92 Å². The van der Waals surface area contributed by atoms with Crippen molar-refractivity contribution < 1.29 is 23.6 Å². The van der Waals surface area contributed by atoms with E-state index in [1.807, 2.05) is 4.72 Å². The molecule has 0 heterocycles. The van der Waals surface area contributed by atoms with Crippen molar-refractivity contribution in [3.05, 3.63) is 28.3 Å². The van der Waals surface area contributed by atoms with Crippen molar-refractivity contribution in [2.45, 2.75) is 6.92 Å². The van der Waals surface area contributed by atoms with Gasteiger partial charge in [-0.15, -0.1) is 0 Å². The number of aliphatic hydroxyl groups excluding tert-OH is 1. The Hall–Kier alpha value is -1.87. The number of phenolic OH excluding ortho intramolecular Hbond substituents is 1. The molecule has 18 heavy (non-hydrogen) atoms. The minimum absolute atomic E-state index is 0.216. The maximum absolute atomic E-state index is 10.8. The molecular formula is C9H14N2O6S. The van der Waals surface area contributed by atoms with Crippen molar-refractivity contribution in [1.29, 1.82) is 0 Å². The number of nitro groups is 1. The van der Waals surface area contributed by atoms with Crippen molar-refractivity contribution in [1.82, 2.24) is 0 Å². The van der Waals surface area contributed by atoms with Gasteiger partial charge in [-0.1, -0.05) is 0 Å². The number of hydrogen-bond donors (Lipinski definition) is 3. The Balaban J connectivity index is 0.000000873. The number of non-ortho nitro benzene ring substituents is 1. The molecule has 0 saturated carbocycles. The van der Waals surface area contributed by atoms with E-state index in [9.17, 15) is 23.6 Å². The highest BCUT2D eigenvalue weighted by atomic mass is 32.2. The normalized spacial score (nSPS) is 10.2. The van der Waals surface area contributed by atoms with E-state index in [4.69, 9.17) is 5.11 Å². The molecule has 0 aliphatic heterocycles. The van der Waals surface area contributed by atoms with E-state index in [1.54, 1.807) is 6.92 Å². The van der Waals surface area contributed by atoms with Crippen LogP contribution in [-0.2, 0) is 10.0 Å². The van der Waals surface area contributed by atoms with Crippen LogP contribution in [0.5, 0.6) is 5.75 Å². The molecule has 0 aliphatic rings. The first kappa shape index (κ1) is 16.1. The third kappa shape index (κ3) is 6.01. The topological polar surface area (TPSA) is 130 Å². The lowest BCUT2D eigenvalue weighted by Gasteiger charge is -2.05. The summed E-state index contributed by atoms with van der Waals surface area (Å²) in [5, 5.41) is 27.2. The van der Waals surface area contributed by atoms with Crippen LogP contribution in [0.4, 0.5) is 11.4 Å². The second-order valence-corrected chi connectivity index (χ2v) is 4.90. The van der Waals surface area contributed by atoms with Crippen molar-refractivity contribution in [3.8, 4) is 5.75 Å². The van der Waals surface area contributed by atoms with Gasteiger partial charge >= 0.3 is 0 Å². The average molecular weight is 278 g/mol. The molecule has 1 aromatic rings. The Morgan fingerprint density at radius 3 is 2.33 bits per heavy atom. The van der Waals surface area contributed by atoms with Crippen LogP contribution in [0.2, 0.25) is 0 Å². The number of phenols is 1. The minimum Gasteiger partial charge on any atom is -0.506 e. The molecular weight excluding hydrogens is 264 g/mol. The molecule has 1 aromatic carbocycles. The van der Waals surface area contributed by atoms with Crippen LogP contribution in [0.25, 0.3) is 0 Å². The van der Waals surface area contributed by atoms with Gasteiger partial charge in [0.25, 0.3) is 5.69 Å². The van der Waals surface area contributed by atoms with Crippen molar-refractivity contribution in [3.63, 3.8) is 0 Å². The zero-order valence-corrected chi connectivity index (χ0v) is 10.6. The fraction of sp³-hybridized carbons (Fsp3) is 0.333. The average Bonchev–Trinajstić information content (AvgIpc) is 2.20. The molecule has 0 radical (unpaired) electrons. The van der Waals surface area contributed by atoms with Gasteiger partial charge in [-0.3, -0.25) is 14.8 Å². The van der Waals surface area contributed by atoms with Gasteiger partial charge < -0.3 is 10.2 Å². The quantitative estimate of drug-likeness (QED) is 0.423. The summed E-state index contributed by atoms with van der Waals surface area (Å²) in [7, 11) is -3.57. The summed E-state index contributed by atoms with van der Waals surface area (Å²) in [6.07, 6.45) is 0.880. The maximum Gasteiger partial charge on any atom is 0.271 e. The lowest BCUT2D eigenvalue weighted by molar-refractivity contribution is -0.384. The van der Waals surface area contributed by atoms with Gasteiger partial charge in [0.15, 0.2) is 0 Å². The molecule has 0 bridgehead atoms. The molecule has 0 aliphatic carbocycles. The number of hydrogen-bond acceptors (Lipinski definition) is 6. The van der Waals surface area contributed by atoms with Crippen LogP contribution in [0.15, 0.2) is 18.2 Å². The number of nitrogens with zero attached hydrogens (tertiary/aromatic N) is 1. The highest BCUT2D eigenvalue weighted by Gasteiger charge is 2.12. The maximum atomic E-state index is 10.8. The zero-order chi connectivity index (χ0) is 14.3. The smallest absolute Gasteiger partial charge is 0.271 e. The van der Waals surface area contributed by atoms with Crippen LogP contribution >= 0.6 is 0 Å². The van der Waals surface area contributed by atoms with E-state index in [2.05, 4.69) is 0 Å². The summed E-state index contributed by atoms with van der Waals surface area (Å²) in [6.45, 7) is 1.93. The molecule has 0 aromatic heterocycles. The van der Waals surface area contributed by atoms with Gasteiger partial charge in [0.1, 0.15) is 5.75 Å². The van der Waals surface area contributed by atoms with Gasteiger partial charge in [-0.05, 0) is 13.0 Å². The predicted molar refractivity (Wildman–Crippen MR) is 66.0 cm³/mol. The molecule has 0 spiro atoms. The van der Waals surface area contributed by atoms with Crippen molar-refractivity contribution in [2.75, 3.05) is 17.6 Å². The lowest BCUT2D eigenvalue weighted by atomic mass is 10.2. The van der Waals surface area contributed by atoms with E-state index in [1.165, 1.54) is 0 Å². The van der Waals surface area contributed by atoms with Crippen molar-refractivity contribution >= 4 is 21.4 Å². The summed E-state index contributed by atoms with van der Waals surface area (Å²) >= 11 is 0. The SMILES string of the molecule is CCO.CS(=O)(=O)Nc1cc([N+](=O)[O-])ccc1O. The minimum atomic E-state index is -3.57. The number of benzene rings is 1. The summed E-state index contributed by atoms with van der Waals surface area (Å²) in [6, 6.07) is 3.06. The Bertz CT molecular complexity index is 514. The second kappa shape index (κ2) is 6.77. The number of sulfonamides is 1. The second-order valence-electron chi connectivity index (χ2n) is 3.15. The molecule has 0 saturated heterocycles. The highest BCUT2D eigenvalue weighted by Crippen LogP contribution is 2.28. The first-order valence-corrected chi connectivity index (χ1v) is 6.66. The van der Waals surface area contributed by atoms with Crippen LogP contribution in [-0.4, -0.2) is 36.4 Å². The number of nitrogens with one attached hydrogen (secondary N) is 1. The van der Waals surface area contributed by atoms with Crippen molar-refractivity contribution in [2.24, 2.45) is 0 Å². The monoisotopic (exact) mass is 278 g/mol. The molecule has 102 valence electrons. The number of aromatic hydroxyl groups is 1. The van der Waals surface area contributed by atoms with E-state index < -0.39 is 14.9 Å². The Morgan fingerprint density at radius 2 is 1.94 bits per heavy atom. The van der Waals surface area contributed by atoms with E-state index >= 15 is 0 Å². The lowest BCUT2D eigenvalue weighted by Crippen LogP contribution is -2.09. The first-order valence-electron chi connectivity index (χ1n) is 4.77. The van der Waals surface area contributed by atoms with E-state index in [0.717, 1.165) is 24.5 Å². The number of nitro benzene ring substituents is 1. The van der Waals surface area contributed by atoms with E-state index in [-0.39, 0.29) is 23.7 Å². The fourth-order valence-corrected chi connectivity index (χ4v) is 1.48. The third-order valence-corrected chi connectivity index (χ3v) is 2.08. The molecule has 8 nitrogen and oxygen atoms in total. The van der Waals surface area contributed by atoms with Crippen LogP contribution in [0.3, 0.4) is 0 Å². The largest absolute Gasteiger partial charge is 0.506 e. The van der Waals surface area contributed by atoms with Crippen LogP contribution < -0.4 is 4.72 Å². The number of anilines is 1. The summed E-state index contributed by atoms with van der Waals surface area (Å²) in [4.78, 5) is 9.69. The third-order valence-electron chi connectivity index (χ3n) is 1.49. The van der Waals surface area contributed by atoms with E-state index in [0.29, 0.717) is 0 Å². The predicted octanol–water partition coefficient (Wildman–Crippen LogP) is 0.670. The molecule has 9 heteroatoms. The summed E-state index contributed by atoms with van der Waals surface area (Å²) in [5.74, 6) is -0.369. The molecule has 0 fully saturated rings. The molecule has 3 N–H and O–H groups in total. The van der Waals surface area contributed by atoms with Gasteiger partial charge in [0.2, 0.25) is 10.0 Å².